The largest absolute Gasteiger partial charge is 0.469 e. The van der Waals surface area contributed by atoms with E-state index in [2.05, 4.69) is 4.74 Å². The maximum absolute atomic E-state index is 12.0. The molecule has 1 aliphatic rings. The van der Waals surface area contributed by atoms with Crippen molar-refractivity contribution < 1.29 is 27.8 Å². The Bertz CT molecular complexity index is 382. The Hall–Kier alpha value is -0.700. The van der Waals surface area contributed by atoms with E-state index in [0.29, 0.717) is 0 Å². The van der Waals surface area contributed by atoms with Crippen LogP contribution in [0.2, 0.25) is 0 Å². The zero-order valence-electron chi connectivity index (χ0n) is 10.5. The van der Waals surface area contributed by atoms with Crippen LogP contribution >= 0.6 is 0 Å². The summed E-state index contributed by atoms with van der Waals surface area (Å²) in [4.78, 5) is 11.0. The maximum atomic E-state index is 12.0. The van der Waals surface area contributed by atoms with Gasteiger partial charge < -0.3 is 14.6 Å². The second-order valence-electron chi connectivity index (χ2n) is 4.21. The molecule has 2 atom stereocenters. The molecular weight excluding hydrogens is 262 g/mol. The third-order valence-corrected chi connectivity index (χ3v) is 4.49. The maximum Gasteiger partial charge on any atom is 0.306 e. The molecule has 0 spiro atoms. The van der Waals surface area contributed by atoms with E-state index in [1.165, 1.54) is 11.4 Å². The smallest absolute Gasteiger partial charge is 0.306 e. The Morgan fingerprint density at radius 2 is 2.17 bits per heavy atom. The summed E-state index contributed by atoms with van der Waals surface area (Å²) in [6.07, 6.45) is -0.959. The number of carbonyl (C=O) groups excluding carboxylic acids is 1. The van der Waals surface area contributed by atoms with Crippen LogP contribution in [0.25, 0.3) is 0 Å². The number of nitrogens with zero attached hydrogens (tertiary/aromatic N) is 1. The van der Waals surface area contributed by atoms with E-state index >= 15 is 0 Å². The highest BCUT2D eigenvalue weighted by Gasteiger charge is 2.32. The van der Waals surface area contributed by atoms with E-state index in [1.807, 2.05) is 0 Å². The minimum absolute atomic E-state index is 0.115. The van der Waals surface area contributed by atoms with Crippen molar-refractivity contribution in [3.8, 4) is 0 Å². The third-order valence-electron chi connectivity index (χ3n) is 2.68. The lowest BCUT2D eigenvalue weighted by molar-refractivity contribution is -0.140. The van der Waals surface area contributed by atoms with Crippen molar-refractivity contribution in [3.05, 3.63) is 0 Å². The Morgan fingerprint density at radius 1 is 1.50 bits per heavy atom. The molecule has 1 aliphatic heterocycles. The van der Waals surface area contributed by atoms with Gasteiger partial charge in [0.2, 0.25) is 10.0 Å². The monoisotopic (exact) mass is 281 g/mol. The van der Waals surface area contributed by atoms with Crippen LogP contribution < -0.4 is 0 Å². The molecule has 1 heterocycles. The average Bonchev–Trinajstić information content (AvgIpc) is 2.35. The van der Waals surface area contributed by atoms with Gasteiger partial charge in [-0.1, -0.05) is 0 Å². The first-order chi connectivity index (χ1) is 8.39. The van der Waals surface area contributed by atoms with Crippen LogP contribution in [-0.4, -0.2) is 68.6 Å². The van der Waals surface area contributed by atoms with E-state index < -0.39 is 22.1 Å². The van der Waals surface area contributed by atoms with E-state index in [1.54, 1.807) is 6.92 Å². The molecule has 0 aromatic carbocycles. The fourth-order valence-electron chi connectivity index (χ4n) is 1.77. The summed E-state index contributed by atoms with van der Waals surface area (Å²) >= 11 is 0. The van der Waals surface area contributed by atoms with Gasteiger partial charge in [-0.15, -0.1) is 0 Å². The van der Waals surface area contributed by atoms with Crippen molar-refractivity contribution in [3.63, 3.8) is 0 Å². The van der Waals surface area contributed by atoms with Crippen LogP contribution in [-0.2, 0) is 24.3 Å². The molecule has 0 bridgehead atoms. The predicted octanol–water partition coefficient (Wildman–Crippen LogP) is -1.04. The summed E-state index contributed by atoms with van der Waals surface area (Å²) in [5.41, 5.74) is 0. The molecule has 18 heavy (non-hydrogen) atoms. The van der Waals surface area contributed by atoms with Gasteiger partial charge in [-0.2, -0.15) is 4.31 Å². The highest BCUT2D eigenvalue weighted by Crippen LogP contribution is 2.15. The number of aliphatic hydroxyl groups excluding tert-OH is 1. The lowest BCUT2D eigenvalue weighted by atomic mass is 10.2. The van der Waals surface area contributed by atoms with Gasteiger partial charge in [0.25, 0.3) is 0 Å². The van der Waals surface area contributed by atoms with Gasteiger partial charge in [-0.3, -0.25) is 4.79 Å². The Labute approximate surface area is 107 Å². The van der Waals surface area contributed by atoms with Crippen molar-refractivity contribution in [1.82, 2.24) is 4.31 Å². The summed E-state index contributed by atoms with van der Waals surface area (Å²) in [5.74, 6) is -0.844. The minimum atomic E-state index is -3.52. The van der Waals surface area contributed by atoms with Crippen molar-refractivity contribution in [1.29, 1.82) is 0 Å². The Balaban J connectivity index is 2.63. The molecule has 0 saturated carbocycles. The van der Waals surface area contributed by atoms with Gasteiger partial charge in [0, 0.05) is 13.1 Å². The molecule has 0 radical (unpaired) electrons. The van der Waals surface area contributed by atoms with Crippen LogP contribution in [0.3, 0.4) is 0 Å². The van der Waals surface area contributed by atoms with E-state index in [-0.39, 0.29) is 38.0 Å². The van der Waals surface area contributed by atoms with Gasteiger partial charge in [0.05, 0.1) is 38.1 Å². The topological polar surface area (TPSA) is 93.1 Å². The quantitative estimate of drug-likeness (QED) is 0.647. The summed E-state index contributed by atoms with van der Waals surface area (Å²) in [6, 6.07) is 0. The highest BCUT2D eigenvalue weighted by molar-refractivity contribution is 7.89. The van der Waals surface area contributed by atoms with Crippen LogP contribution in [0.1, 0.15) is 13.3 Å². The zero-order chi connectivity index (χ0) is 13.8. The molecule has 0 aromatic rings. The predicted molar refractivity (Wildman–Crippen MR) is 63.4 cm³/mol. The first-order valence-electron chi connectivity index (χ1n) is 5.70. The zero-order valence-corrected chi connectivity index (χ0v) is 11.4. The summed E-state index contributed by atoms with van der Waals surface area (Å²) in [7, 11) is -2.31. The number of rotatable bonds is 5. The van der Waals surface area contributed by atoms with Crippen LogP contribution in [0, 0.1) is 0 Å². The van der Waals surface area contributed by atoms with Crippen LogP contribution in [0.4, 0.5) is 0 Å². The molecule has 7 nitrogen and oxygen atoms in total. The number of carbonyl (C=O) groups is 1. The number of hydrogen-bond acceptors (Lipinski definition) is 6. The van der Waals surface area contributed by atoms with Crippen molar-refractivity contribution in [2.75, 3.05) is 32.6 Å². The number of ether oxygens (including phenoxy) is 2. The number of morpholine rings is 1. The highest BCUT2D eigenvalue weighted by atomic mass is 32.2. The molecule has 0 aliphatic carbocycles. The SMILES string of the molecule is COC(=O)CCS(=O)(=O)N1CC(C)OC(CO)C1. The molecule has 1 saturated heterocycles. The van der Waals surface area contributed by atoms with Gasteiger partial charge in [-0.05, 0) is 6.92 Å². The fourth-order valence-corrected chi connectivity index (χ4v) is 3.29. The minimum Gasteiger partial charge on any atom is -0.469 e. The van der Waals surface area contributed by atoms with Crippen LogP contribution in [0.15, 0.2) is 0 Å². The molecule has 106 valence electrons. The molecule has 1 N–H and O–H groups in total. The number of methoxy groups -OCH3 is 1. The first-order valence-corrected chi connectivity index (χ1v) is 7.31. The molecule has 8 heteroatoms. The lowest BCUT2D eigenvalue weighted by Gasteiger charge is -2.35. The number of aliphatic hydroxyl groups is 1. The Kier molecular flexibility index (Phi) is 5.51. The van der Waals surface area contributed by atoms with Crippen molar-refractivity contribution >= 4 is 16.0 Å². The van der Waals surface area contributed by atoms with Crippen LogP contribution in [0.5, 0.6) is 0 Å². The van der Waals surface area contributed by atoms with Crippen molar-refractivity contribution in [2.24, 2.45) is 0 Å². The number of esters is 1. The van der Waals surface area contributed by atoms with Gasteiger partial charge in [-0.25, -0.2) is 8.42 Å². The molecule has 0 aromatic heterocycles. The van der Waals surface area contributed by atoms with E-state index in [0.717, 1.165) is 0 Å². The lowest BCUT2D eigenvalue weighted by Crippen LogP contribution is -2.50. The third kappa shape index (κ3) is 4.20. The molecule has 1 rings (SSSR count). The average molecular weight is 281 g/mol. The molecular formula is C10H19NO6S. The summed E-state index contributed by atoms with van der Waals surface area (Å²) in [5, 5.41) is 9.03. The number of sulfonamides is 1. The van der Waals surface area contributed by atoms with Gasteiger partial charge in [0.15, 0.2) is 0 Å². The fraction of sp³-hybridized carbons (Fsp3) is 0.900. The van der Waals surface area contributed by atoms with E-state index in [9.17, 15) is 13.2 Å². The van der Waals surface area contributed by atoms with Crippen molar-refractivity contribution in [2.45, 2.75) is 25.6 Å². The summed E-state index contributed by atoms with van der Waals surface area (Å²) in [6.45, 7) is 1.86. The first kappa shape index (κ1) is 15.4. The molecule has 2 unspecified atom stereocenters. The van der Waals surface area contributed by atoms with Gasteiger partial charge >= 0.3 is 5.97 Å². The normalized spacial score (nSPS) is 25.9. The second-order valence-corrected chi connectivity index (χ2v) is 6.30. The summed E-state index contributed by atoms with van der Waals surface area (Å²) < 4.78 is 35.0. The van der Waals surface area contributed by atoms with Gasteiger partial charge in [0.1, 0.15) is 0 Å². The standard InChI is InChI=1S/C10H19NO6S/c1-8-5-11(6-9(7-12)17-8)18(14,15)4-3-10(13)16-2/h8-9,12H,3-7H2,1-2H3. The number of hydrogen-bond donors (Lipinski definition) is 1. The second kappa shape index (κ2) is 6.46. The molecule has 0 amide bonds. The molecule has 1 fully saturated rings. The Morgan fingerprint density at radius 3 is 2.72 bits per heavy atom. The van der Waals surface area contributed by atoms with E-state index in [4.69, 9.17) is 9.84 Å².